The molecule has 6 nitrogen and oxygen atoms in total. The van der Waals surface area contributed by atoms with E-state index in [1.54, 1.807) is 0 Å². The zero-order valence-corrected chi connectivity index (χ0v) is 15.8. The Morgan fingerprint density at radius 1 is 0.625 bits per heavy atom. The molecule has 3 aliphatic rings. The Morgan fingerprint density at radius 2 is 1.00 bits per heavy atom. The van der Waals surface area contributed by atoms with Crippen molar-refractivity contribution in [2.24, 2.45) is 0 Å². The van der Waals surface area contributed by atoms with Crippen molar-refractivity contribution in [1.82, 2.24) is 0 Å². The van der Waals surface area contributed by atoms with Crippen molar-refractivity contribution in [3.05, 3.63) is 0 Å². The van der Waals surface area contributed by atoms with Gasteiger partial charge in [0.1, 0.15) is 24.4 Å². The van der Waals surface area contributed by atoms with Gasteiger partial charge >= 0.3 is 0 Å². The third-order valence-corrected chi connectivity index (χ3v) is 5.66. The molecule has 3 unspecified atom stereocenters. The molecule has 0 saturated carbocycles. The molecule has 0 aromatic rings. The fraction of sp³-hybridized carbons (Fsp3) is 1.00. The summed E-state index contributed by atoms with van der Waals surface area (Å²) < 4.78 is 36.8. The van der Waals surface area contributed by atoms with E-state index in [0.717, 1.165) is 19.3 Å². The normalized spacial score (nSPS) is 52.2. The van der Waals surface area contributed by atoms with E-state index in [9.17, 15) is 0 Å². The van der Waals surface area contributed by atoms with Crippen LogP contribution < -0.4 is 0 Å². The first-order valence-corrected chi connectivity index (χ1v) is 9.24. The molecule has 0 amide bonds. The molecule has 0 radical (unpaired) electrons. The second-order valence-electron chi connectivity index (χ2n) is 7.56. The van der Waals surface area contributed by atoms with Crippen molar-refractivity contribution in [3.8, 4) is 0 Å². The largest absolute Gasteiger partial charge is 0.347 e. The highest BCUT2D eigenvalue weighted by molar-refractivity contribution is 4.96. The molecule has 0 aromatic carbocycles. The summed E-state index contributed by atoms with van der Waals surface area (Å²) in [4.78, 5) is 0. The maximum Gasteiger partial charge on any atom is 0.166 e. The Balaban J connectivity index is 1.83. The lowest BCUT2D eigenvalue weighted by atomic mass is 9.97. The third-order valence-electron chi connectivity index (χ3n) is 5.66. The Morgan fingerprint density at radius 3 is 1.42 bits per heavy atom. The molecule has 24 heavy (non-hydrogen) atoms. The summed E-state index contributed by atoms with van der Waals surface area (Å²) in [5.74, 6) is -1.82. The highest BCUT2D eigenvalue weighted by Gasteiger charge is 2.55. The summed E-state index contributed by atoms with van der Waals surface area (Å²) in [6, 6.07) is 0. The maximum atomic E-state index is 6.34. The van der Waals surface area contributed by atoms with Crippen molar-refractivity contribution in [3.63, 3.8) is 0 Å². The van der Waals surface area contributed by atoms with E-state index in [1.807, 2.05) is 20.8 Å². The SMILES string of the molecule is CCC1(C)OC[C@H]2OC(C)(CC)O[C@H]([C@H]3COC(C)(CC)O3)[C@@H]2O1. The van der Waals surface area contributed by atoms with E-state index in [0.29, 0.717) is 13.2 Å². The van der Waals surface area contributed by atoms with Crippen LogP contribution in [0.2, 0.25) is 0 Å². The van der Waals surface area contributed by atoms with Crippen molar-refractivity contribution < 1.29 is 28.4 Å². The van der Waals surface area contributed by atoms with E-state index in [2.05, 4.69) is 20.8 Å². The third kappa shape index (κ3) is 3.37. The van der Waals surface area contributed by atoms with Gasteiger partial charge in [0.25, 0.3) is 0 Å². The van der Waals surface area contributed by atoms with E-state index < -0.39 is 17.4 Å². The van der Waals surface area contributed by atoms with E-state index in [4.69, 9.17) is 28.4 Å². The summed E-state index contributed by atoms with van der Waals surface area (Å²) in [7, 11) is 0. The van der Waals surface area contributed by atoms with Gasteiger partial charge in [0, 0.05) is 0 Å². The zero-order valence-electron chi connectivity index (χ0n) is 15.8. The van der Waals surface area contributed by atoms with Gasteiger partial charge in [0.05, 0.1) is 13.2 Å². The Bertz CT molecular complexity index is 459. The smallest absolute Gasteiger partial charge is 0.166 e. The Kier molecular flexibility index (Phi) is 5.01. The fourth-order valence-corrected chi connectivity index (χ4v) is 3.47. The minimum atomic E-state index is -0.660. The van der Waals surface area contributed by atoms with E-state index in [-0.39, 0.29) is 24.4 Å². The van der Waals surface area contributed by atoms with Crippen LogP contribution >= 0.6 is 0 Å². The van der Waals surface area contributed by atoms with Crippen LogP contribution in [0.1, 0.15) is 60.8 Å². The molecule has 0 spiro atoms. The zero-order chi connectivity index (χ0) is 17.6. The number of hydrogen-bond acceptors (Lipinski definition) is 6. The van der Waals surface area contributed by atoms with Gasteiger partial charge < -0.3 is 28.4 Å². The molecule has 3 rings (SSSR count). The van der Waals surface area contributed by atoms with Crippen LogP contribution in [0.5, 0.6) is 0 Å². The number of hydrogen-bond donors (Lipinski definition) is 0. The van der Waals surface area contributed by atoms with Crippen LogP contribution in [0, 0.1) is 0 Å². The van der Waals surface area contributed by atoms with Gasteiger partial charge in [-0.25, -0.2) is 0 Å². The highest BCUT2D eigenvalue weighted by atomic mass is 16.8. The summed E-state index contributed by atoms with van der Waals surface area (Å²) >= 11 is 0. The maximum absolute atomic E-state index is 6.34. The van der Waals surface area contributed by atoms with Crippen LogP contribution in [0.15, 0.2) is 0 Å². The van der Waals surface area contributed by atoms with Gasteiger partial charge in [0.2, 0.25) is 0 Å². The number of fused-ring (bicyclic) bond motifs is 1. The number of ether oxygens (including phenoxy) is 6. The summed E-state index contributed by atoms with van der Waals surface area (Å²) in [5.41, 5.74) is 0. The molecule has 0 N–H and O–H groups in total. The quantitative estimate of drug-likeness (QED) is 0.781. The molecule has 3 aliphatic heterocycles. The van der Waals surface area contributed by atoms with Gasteiger partial charge in [-0.15, -0.1) is 0 Å². The van der Waals surface area contributed by atoms with Crippen LogP contribution in [0.3, 0.4) is 0 Å². The van der Waals surface area contributed by atoms with Crippen LogP contribution in [0.4, 0.5) is 0 Å². The molecule has 3 heterocycles. The van der Waals surface area contributed by atoms with E-state index in [1.165, 1.54) is 0 Å². The standard InChI is InChI=1S/C18H32O6/c1-7-16(4)19-10-12(21-16)15-14-13(22-18(6,9-3)24-15)11-20-17(5,8-2)23-14/h12-15H,7-11H2,1-6H3/t12-,13-,14-,15-,16?,17?,18?/m1/s1. The molecule has 140 valence electrons. The molecule has 0 bridgehead atoms. The van der Waals surface area contributed by atoms with Crippen molar-refractivity contribution >= 4 is 0 Å². The molecule has 0 aliphatic carbocycles. The van der Waals surface area contributed by atoms with Crippen molar-refractivity contribution in [2.75, 3.05) is 13.2 Å². The summed E-state index contributed by atoms with van der Waals surface area (Å²) in [5, 5.41) is 0. The lowest BCUT2D eigenvalue weighted by Gasteiger charge is -2.53. The topological polar surface area (TPSA) is 55.4 Å². The molecular weight excluding hydrogens is 312 g/mol. The molecule has 3 fully saturated rings. The average molecular weight is 344 g/mol. The summed E-state index contributed by atoms with van der Waals surface area (Å²) in [6.45, 7) is 13.1. The molecule has 0 aromatic heterocycles. The first-order valence-electron chi connectivity index (χ1n) is 9.24. The lowest BCUT2D eigenvalue weighted by Crippen LogP contribution is -2.66. The Labute approximate surface area is 145 Å². The van der Waals surface area contributed by atoms with Crippen molar-refractivity contribution in [2.45, 2.75) is 103 Å². The second-order valence-corrected chi connectivity index (χ2v) is 7.56. The molecular formula is C18H32O6. The first kappa shape index (κ1) is 18.5. The van der Waals surface area contributed by atoms with Crippen LogP contribution in [-0.2, 0) is 28.4 Å². The first-order chi connectivity index (χ1) is 11.3. The average Bonchev–Trinajstić information content (AvgIpc) is 2.98. The predicted molar refractivity (Wildman–Crippen MR) is 87.5 cm³/mol. The highest BCUT2D eigenvalue weighted by Crippen LogP contribution is 2.41. The lowest BCUT2D eigenvalue weighted by molar-refractivity contribution is -0.422. The van der Waals surface area contributed by atoms with Gasteiger partial charge in [0.15, 0.2) is 17.4 Å². The van der Waals surface area contributed by atoms with E-state index >= 15 is 0 Å². The molecule has 6 heteroatoms. The van der Waals surface area contributed by atoms with Crippen LogP contribution in [0.25, 0.3) is 0 Å². The fourth-order valence-electron chi connectivity index (χ4n) is 3.47. The Hall–Kier alpha value is -0.240. The summed E-state index contributed by atoms with van der Waals surface area (Å²) in [6.07, 6.45) is 1.51. The minimum Gasteiger partial charge on any atom is -0.347 e. The molecule has 7 atom stereocenters. The van der Waals surface area contributed by atoms with Gasteiger partial charge in [-0.2, -0.15) is 0 Å². The minimum absolute atomic E-state index is 0.162. The van der Waals surface area contributed by atoms with Crippen LogP contribution in [-0.4, -0.2) is 55.0 Å². The van der Waals surface area contributed by atoms with Crippen molar-refractivity contribution in [1.29, 1.82) is 0 Å². The van der Waals surface area contributed by atoms with Gasteiger partial charge in [-0.1, -0.05) is 20.8 Å². The van der Waals surface area contributed by atoms with Gasteiger partial charge in [-0.05, 0) is 40.0 Å². The van der Waals surface area contributed by atoms with Gasteiger partial charge in [-0.3, -0.25) is 0 Å². The molecule has 3 saturated heterocycles. The monoisotopic (exact) mass is 344 g/mol. The number of rotatable bonds is 4. The predicted octanol–water partition coefficient (Wildman–Crippen LogP) is 2.98. The second kappa shape index (κ2) is 6.49.